The third kappa shape index (κ3) is 3.83. The largest absolute Gasteiger partial charge is 0.296 e. The molecule has 0 amide bonds. The topological polar surface area (TPSA) is 44.8 Å². The Hall–Kier alpha value is -3.12. The van der Waals surface area contributed by atoms with Crippen molar-refractivity contribution < 1.29 is 8.78 Å². The number of benzene rings is 3. The first kappa shape index (κ1) is 18.9. The van der Waals surface area contributed by atoms with Gasteiger partial charge in [0.25, 0.3) is 0 Å². The highest BCUT2D eigenvalue weighted by atomic mass is 19.1. The van der Waals surface area contributed by atoms with Crippen LogP contribution < -0.4 is 0 Å². The molecule has 1 saturated heterocycles. The monoisotopic (exact) mass is 404 g/mol. The third-order valence-electron chi connectivity index (χ3n) is 5.95. The van der Waals surface area contributed by atoms with Crippen molar-refractivity contribution >= 4 is 11.0 Å². The van der Waals surface area contributed by atoms with E-state index in [2.05, 4.69) is 20.3 Å². The van der Waals surface area contributed by atoms with Gasteiger partial charge in [-0.25, -0.2) is 8.78 Å². The highest BCUT2D eigenvalue weighted by molar-refractivity contribution is 5.81. The molecule has 1 aromatic heterocycles. The summed E-state index contributed by atoms with van der Waals surface area (Å²) in [5.41, 5.74) is 5.37. The van der Waals surface area contributed by atoms with Crippen molar-refractivity contribution in [2.75, 3.05) is 6.54 Å². The first-order valence-electron chi connectivity index (χ1n) is 10.2. The molecule has 4 aromatic rings. The summed E-state index contributed by atoms with van der Waals surface area (Å²) in [6, 6.07) is 18.1. The van der Waals surface area contributed by atoms with Crippen molar-refractivity contribution in [3.8, 4) is 11.1 Å². The van der Waals surface area contributed by atoms with Crippen LogP contribution in [0, 0.1) is 11.6 Å². The lowest BCUT2D eigenvalue weighted by Gasteiger charge is -2.25. The Balaban J connectivity index is 1.37. The van der Waals surface area contributed by atoms with Gasteiger partial charge >= 0.3 is 0 Å². The molecular formula is C24H22F2N4. The number of fused-ring (bicyclic) bond motifs is 1. The number of aromatic amines is 1. The second-order valence-electron chi connectivity index (χ2n) is 7.93. The highest BCUT2D eigenvalue weighted by Gasteiger charge is 2.25. The van der Waals surface area contributed by atoms with Gasteiger partial charge < -0.3 is 0 Å². The number of hydrogen-bond acceptors (Lipinski definition) is 3. The van der Waals surface area contributed by atoms with Crippen LogP contribution in [0.25, 0.3) is 22.2 Å². The zero-order valence-corrected chi connectivity index (χ0v) is 16.5. The molecule has 4 nitrogen and oxygen atoms in total. The van der Waals surface area contributed by atoms with Crippen molar-refractivity contribution in [2.45, 2.75) is 31.8 Å². The van der Waals surface area contributed by atoms with Gasteiger partial charge in [-0.2, -0.15) is 15.4 Å². The van der Waals surface area contributed by atoms with E-state index >= 15 is 0 Å². The van der Waals surface area contributed by atoms with E-state index < -0.39 is 0 Å². The van der Waals surface area contributed by atoms with E-state index in [1.807, 2.05) is 42.5 Å². The van der Waals surface area contributed by atoms with Crippen LogP contribution in [-0.2, 0) is 13.0 Å². The van der Waals surface area contributed by atoms with E-state index in [0.29, 0.717) is 6.42 Å². The second kappa shape index (κ2) is 7.95. The van der Waals surface area contributed by atoms with E-state index in [1.165, 1.54) is 12.1 Å². The van der Waals surface area contributed by atoms with E-state index in [-0.39, 0.29) is 17.7 Å². The second-order valence-corrected chi connectivity index (χ2v) is 7.93. The van der Waals surface area contributed by atoms with Crippen LogP contribution >= 0.6 is 0 Å². The van der Waals surface area contributed by atoms with Gasteiger partial charge in [-0.3, -0.25) is 4.90 Å². The van der Waals surface area contributed by atoms with E-state index in [0.717, 1.165) is 59.2 Å². The standard InChI is InChI=1S/C24H22F2N4/c25-20-7-3-16(4-8-20)15-30-11-1-2-21(30)13-19-12-17(5-9-22(19)26)18-6-10-23-24(14-18)28-29-27-23/h3-10,12,14,21H,1-2,11,13,15H2,(H,27,28,29)/t21-/m1/s1. The lowest BCUT2D eigenvalue weighted by molar-refractivity contribution is 0.242. The van der Waals surface area contributed by atoms with Crippen molar-refractivity contribution in [1.29, 1.82) is 0 Å². The third-order valence-corrected chi connectivity index (χ3v) is 5.95. The molecule has 1 aliphatic heterocycles. The number of aromatic nitrogens is 3. The Kier molecular flexibility index (Phi) is 5.01. The smallest absolute Gasteiger partial charge is 0.126 e. The molecule has 6 heteroatoms. The van der Waals surface area contributed by atoms with Crippen LogP contribution in [0.3, 0.4) is 0 Å². The Morgan fingerprint density at radius 1 is 0.900 bits per heavy atom. The van der Waals surface area contributed by atoms with Gasteiger partial charge in [0.05, 0.1) is 0 Å². The maximum Gasteiger partial charge on any atom is 0.126 e. The summed E-state index contributed by atoms with van der Waals surface area (Å²) in [4.78, 5) is 2.38. The summed E-state index contributed by atoms with van der Waals surface area (Å²) in [5.74, 6) is -0.394. The molecule has 0 bridgehead atoms. The molecule has 0 aliphatic carbocycles. The Labute approximate surface area is 173 Å². The first-order chi connectivity index (χ1) is 14.7. The number of likely N-dealkylation sites (tertiary alicyclic amines) is 1. The zero-order chi connectivity index (χ0) is 20.5. The van der Waals surface area contributed by atoms with Crippen LogP contribution in [0.15, 0.2) is 60.7 Å². The number of nitrogens with one attached hydrogen (secondary N) is 1. The quantitative estimate of drug-likeness (QED) is 0.503. The normalized spacial score (nSPS) is 17.1. The zero-order valence-electron chi connectivity index (χ0n) is 16.5. The average molecular weight is 404 g/mol. The van der Waals surface area contributed by atoms with Gasteiger partial charge in [0.15, 0.2) is 0 Å². The van der Waals surface area contributed by atoms with Crippen LogP contribution in [-0.4, -0.2) is 32.9 Å². The average Bonchev–Trinajstić information content (AvgIpc) is 3.40. The van der Waals surface area contributed by atoms with Crippen LogP contribution in [0.2, 0.25) is 0 Å². The van der Waals surface area contributed by atoms with E-state index in [1.54, 1.807) is 6.07 Å². The van der Waals surface area contributed by atoms with Crippen LogP contribution in [0.1, 0.15) is 24.0 Å². The molecule has 0 unspecified atom stereocenters. The van der Waals surface area contributed by atoms with E-state index in [4.69, 9.17) is 0 Å². The van der Waals surface area contributed by atoms with Gasteiger partial charge in [0.2, 0.25) is 0 Å². The van der Waals surface area contributed by atoms with Gasteiger partial charge in [0.1, 0.15) is 22.7 Å². The number of H-pyrrole nitrogens is 1. The summed E-state index contributed by atoms with van der Waals surface area (Å²) >= 11 is 0. The molecule has 0 saturated carbocycles. The fourth-order valence-corrected chi connectivity index (χ4v) is 4.34. The maximum atomic E-state index is 14.7. The predicted molar refractivity (Wildman–Crippen MR) is 113 cm³/mol. The van der Waals surface area contributed by atoms with Gasteiger partial charge in [-0.15, -0.1) is 0 Å². The molecule has 2 heterocycles. The maximum absolute atomic E-state index is 14.7. The van der Waals surface area contributed by atoms with Crippen molar-refractivity contribution in [3.05, 3.63) is 83.4 Å². The summed E-state index contributed by atoms with van der Waals surface area (Å²) in [5, 5.41) is 10.8. The molecule has 1 atom stereocenters. The summed E-state index contributed by atoms with van der Waals surface area (Å²) < 4.78 is 27.8. The number of rotatable bonds is 5. The Morgan fingerprint density at radius 2 is 1.67 bits per heavy atom. The van der Waals surface area contributed by atoms with Crippen LogP contribution in [0.5, 0.6) is 0 Å². The molecule has 30 heavy (non-hydrogen) atoms. The van der Waals surface area contributed by atoms with Crippen molar-refractivity contribution in [1.82, 2.24) is 20.3 Å². The first-order valence-corrected chi connectivity index (χ1v) is 10.2. The molecular weight excluding hydrogens is 382 g/mol. The molecule has 0 radical (unpaired) electrons. The molecule has 5 rings (SSSR count). The number of nitrogens with zero attached hydrogens (tertiary/aromatic N) is 3. The van der Waals surface area contributed by atoms with Crippen molar-refractivity contribution in [3.63, 3.8) is 0 Å². The summed E-state index contributed by atoms with van der Waals surface area (Å²) in [7, 11) is 0. The molecule has 152 valence electrons. The highest BCUT2D eigenvalue weighted by Crippen LogP contribution is 2.28. The fourth-order valence-electron chi connectivity index (χ4n) is 4.34. The minimum Gasteiger partial charge on any atom is -0.296 e. The fraction of sp³-hybridized carbons (Fsp3) is 0.250. The predicted octanol–water partition coefficient (Wildman–Crippen LogP) is 5.11. The van der Waals surface area contributed by atoms with Crippen molar-refractivity contribution in [2.24, 2.45) is 0 Å². The van der Waals surface area contributed by atoms with Gasteiger partial charge in [-0.05, 0) is 84.5 Å². The molecule has 0 spiro atoms. The molecule has 1 aliphatic rings. The number of hydrogen-bond donors (Lipinski definition) is 1. The summed E-state index contributed by atoms with van der Waals surface area (Å²) in [6.07, 6.45) is 2.79. The SMILES string of the molecule is Fc1ccc(CN2CCC[C@@H]2Cc2cc(-c3ccc4n[nH]nc4c3)ccc2F)cc1. The lowest BCUT2D eigenvalue weighted by atomic mass is 9.97. The molecule has 1 fully saturated rings. The van der Waals surface area contributed by atoms with E-state index in [9.17, 15) is 8.78 Å². The summed E-state index contributed by atoms with van der Waals surface area (Å²) in [6.45, 7) is 1.74. The van der Waals surface area contributed by atoms with Crippen LogP contribution in [0.4, 0.5) is 8.78 Å². The molecule has 1 N–H and O–H groups in total. The van der Waals surface area contributed by atoms with Gasteiger partial charge in [0, 0.05) is 12.6 Å². The lowest BCUT2D eigenvalue weighted by Crippen LogP contribution is -2.30. The Bertz CT molecular complexity index is 1170. The minimum absolute atomic E-state index is 0.171. The Morgan fingerprint density at radius 3 is 2.53 bits per heavy atom. The molecule has 3 aromatic carbocycles. The van der Waals surface area contributed by atoms with Gasteiger partial charge in [-0.1, -0.05) is 24.3 Å². The number of halogens is 2. The minimum atomic E-state index is -0.223.